The van der Waals surface area contributed by atoms with Crippen LogP contribution in [0.4, 0.5) is 5.69 Å². The van der Waals surface area contributed by atoms with E-state index < -0.39 is 23.3 Å². The molecule has 0 aromatic heterocycles. The second kappa shape index (κ2) is 8.20. The standard InChI is InChI=1S/C12H15N3O6S/c1-21-9-3-2-8(15(19)20)7(12(9)22)4-13-5-10(16)14-6-11(17)18/h2-3,13,22H,4-6H2,1H3,(H,14,16)(H,17,18). The summed E-state index contributed by atoms with van der Waals surface area (Å²) in [6.45, 7) is -0.667. The summed E-state index contributed by atoms with van der Waals surface area (Å²) in [7, 11) is 1.41. The molecule has 0 aliphatic rings. The van der Waals surface area contributed by atoms with Gasteiger partial charge in [0.25, 0.3) is 5.69 Å². The van der Waals surface area contributed by atoms with Crippen LogP contribution in [0.15, 0.2) is 17.0 Å². The Kier molecular flexibility index (Phi) is 6.60. The third-order valence-electron chi connectivity index (χ3n) is 2.66. The molecular formula is C12H15N3O6S. The van der Waals surface area contributed by atoms with Crippen molar-refractivity contribution < 1.29 is 24.4 Å². The number of ether oxygens (including phenoxy) is 1. The minimum absolute atomic E-state index is 0.00678. The molecule has 0 saturated carbocycles. The van der Waals surface area contributed by atoms with Crippen LogP contribution >= 0.6 is 12.6 Å². The Labute approximate surface area is 131 Å². The van der Waals surface area contributed by atoms with Gasteiger partial charge in [0, 0.05) is 12.6 Å². The van der Waals surface area contributed by atoms with Gasteiger partial charge in [0.2, 0.25) is 5.91 Å². The van der Waals surface area contributed by atoms with Crippen LogP contribution in [0.1, 0.15) is 5.56 Å². The van der Waals surface area contributed by atoms with E-state index >= 15 is 0 Å². The highest BCUT2D eigenvalue weighted by atomic mass is 32.1. The summed E-state index contributed by atoms with van der Waals surface area (Å²) in [4.78, 5) is 32.4. The van der Waals surface area contributed by atoms with Crippen LogP contribution in [0.5, 0.6) is 5.75 Å². The van der Waals surface area contributed by atoms with Crippen LogP contribution in [-0.2, 0) is 16.1 Å². The molecule has 22 heavy (non-hydrogen) atoms. The van der Waals surface area contributed by atoms with Gasteiger partial charge in [-0.05, 0) is 6.07 Å². The monoisotopic (exact) mass is 329 g/mol. The smallest absolute Gasteiger partial charge is 0.322 e. The summed E-state index contributed by atoms with van der Waals surface area (Å²) in [6.07, 6.45) is 0. The van der Waals surface area contributed by atoms with Gasteiger partial charge < -0.3 is 20.5 Å². The van der Waals surface area contributed by atoms with E-state index in [-0.39, 0.29) is 24.3 Å². The summed E-state index contributed by atoms with van der Waals surface area (Å²) in [5, 5.41) is 24.3. The highest BCUT2D eigenvalue weighted by Crippen LogP contribution is 2.32. The summed E-state index contributed by atoms with van der Waals surface area (Å²) >= 11 is 4.20. The molecule has 0 radical (unpaired) electrons. The third kappa shape index (κ3) is 4.90. The van der Waals surface area contributed by atoms with E-state index in [1.54, 1.807) is 0 Å². The lowest BCUT2D eigenvalue weighted by atomic mass is 10.1. The first-order valence-corrected chi connectivity index (χ1v) is 6.54. The number of nitro benzene ring substituents is 1. The Morgan fingerprint density at radius 3 is 2.64 bits per heavy atom. The summed E-state index contributed by atoms with van der Waals surface area (Å²) < 4.78 is 5.04. The number of rotatable bonds is 8. The van der Waals surface area contributed by atoms with Crippen LogP contribution in [0, 0.1) is 10.1 Å². The fourth-order valence-electron chi connectivity index (χ4n) is 1.65. The topological polar surface area (TPSA) is 131 Å². The Balaban J connectivity index is 2.74. The van der Waals surface area contributed by atoms with Crippen molar-refractivity contribution in [2.45, 2.75) is 11.4 Å². The first kappa shape index (κ1) is 17.7. The minimum Gasteiger partial charge on any atom is -0.496 e. The van der Waals surface area contributed by atoms with E-state index in [0.717, 1.165) is 0 Å². The zero-order chi connectivity index (χ0) is 16.7. The second-order valence-corrected chi connectivity index (χ2v) is 4.59. The summed E-state index contributed by atoms with van der Waals surface area (Å²) in [6, 6.07) is 2.73. The molecule has 0 fully saturated rings. The van der Waals surface area contributed by atoms with Crippen molar-refractivity contribution in [3.05, 3.63) is 27.8 Å². The number of carboxylic acid groups (broad SMARTS) is 1. The highest BCUT2D eigenvalue weighted by molar-refractivity contribution is 7.80. The molecule has 1 aromatic rings. The van der Waals surface area contributed by atoms with Gasteiger partial charge in [-0.25, -0.2) is 0 Å². The average molecular weight is 329 g/mol. The van der Waals surface area contributed by atoms with Crippen LogP contribution in [0.2, 0.25) is 0 Å². The van der Waals surface area contributed by atoms with Crippen LogP contribution < -0.4 is 15.4 Å². The highest BCUT2D eigenvalue weighted by Gasteiger charge is 2.19. The van der Waals surface area contributed by atoms with E-state index in [2.05, 4.69) is 23.3 Å². The number of carboxylic acids is 1. The number of nitro groups is 1. The van der Waals surface area contributed by atoms with E-state index in [1.807, 2.05) is 0 Å². The number of hydrogen-bond acceptors (Lipinski definition) is 7. The van der Waals surface area contributed by atoms with Crippen molar-refractivity contribution in [1.82, 2.24) is 10.6 Å². The molecule has 10 heteroatoms. The number of hydrogen-bond donors (Lipinski definition) is 4. The molecule has 0 unspecified atom stereocenters. The quantitative estimate of drug-likeness (QED) is 0.304. The van der Waals surface area contributed by atoms with Crippen LogP contribution in [0.25, 0.3) is 0 Å². The molecule has 1 amide bonds. The maximum absolute atomic E-state index is 11.3. The first-order chi connectivity index (χ1) is 10.4. The lowest BCUT2D eigenvalue weighted by Crippen LogP contribution is -2.36. The van der Waals surface area contributed by atoms with Crippen molar-refractivity contribution >= 4 is 30.2 Å². The lowest BCUT2D eigenvalue weighted by Gasteiger charge is -2.11. The fourth-order valence-corrected chi connectivity index (χ4v) is 2.01. The number of thiol groups is 1. The molecule has 0 heterocycles. The van der Waals surface area contributed by atoms with Crippen LogP contribution in [-0.4, -0.2) is 42.1 Å². The van der Waals surface area contributed by atoms with Gasteiger partial charge in [0.05, 0.1) is 29.0 Å². The van der Waals surface area contributed by atoms with Gasteiger partial charge >= 0.3 is 5.97 Å². The zero-order valence-corrected chi connectivity index (χ0v) is 12.6. The molecule has 0 bridgehead atoms. The number of benzene rings is 1. The number of carbonyl (C=O) groups is 2. The molecule has 9 nitrogen and oxygen atoms in total. The number of nitrogens with one attached hydrogen (secondary N) is 2. The van der Waals surface area contributed by atoms with E-state index in [0.29, 0.717) is 10.6 Å². The fraction of sp³-hybridized carbons (Fsp3) is 0.333. The molecule has 120 valence electrons. The molecule has 0 atom stereocenters. The van der Waals surface area contributed by atoms with Gasteiger partial charge in [-0.15, -0.1) is 12.6 Å². The molecule has 0 aliphatic carbocycles. The number of nitrogens with zero attached hydrogens (tertiary/aromatic N) is 1. The van der Waals surface area contributed by atoms with Crippen LogP contribution in [0.3, 0.4) is 0 Å². The Morgan fingerprint density at radius 2 is 2.09 bits per heavy atom. The summed E-state index contributed by atoms with van der Waals surface area (Å²) in [5.41, 5.74) is 0.128. The Morgan fingerprint density at radius 1 is 1.41 bits per heavy atom. The minimum atomic E-state index is -1.16. The molecular weight excluding hydrogens is 314 g/mol. The number of amides is 1. The van der Waals surface area contributed by atoms with Gasteiger partial charge in [0.1, 0.15) is 12.3 Å². The van der Waals surface area contributed by atoms with Gasteiger partial charge in [-0.3, -0.25) is 19.7 Å². The molecule has 0 spiro atoms. The van der Waals surface area contributed by atoms with Crippen molar-refractivity contribution in [2.24, 2.45) is 0 Å². The van der Waals surface area contributed by atoms with Gasteiger partial charge in [-0.2, -0.15) is 0 Å². The maximum atomic E-state index is 11.3. The molecule has 1 aromatic carbocycles. The zero-order valence-electron chi connectivity index (χ0n) is 11.7. The van der Waals surface area contributed by atoms with E-state index in [4.69, 9.17) is 9.84 Å². The Bertz CT molecular complexity index is 592. The van der Waals surface area contributed by atoms with Crippen molar-refractivity contribution in [3.8, 4) is 5.75 Å². The number of carbonyl (C=O) groups excluding carboxylic acids is 1. The van der Waals surface area contributed by atoms with E-state index in [9.17, 15) is 19.7 Å². The number of aliphatic carboxylic acids is 1. The lowest BCUT2D eigenvalue weighted by molar-refractivity contribution is -0.385. The summed E-state index contributed by atoms with van der Waals surface area (Å²) in [5.74, 6) is -1.32. The van der Waals surface area contributed by atoms with Crippen molar-refractivity contribution in [3.63, 3.8) is 0 Å². The average Bonchev–Trinajstić information content (AvgIpc) is 2.46. The predicted octanol–water partition coefficient (Wildman–Crippen LogP) is 0.182. The van der Waals surface area contributed by atoms with Gasteiger partial charge in [-0.1, -0.05) is 0 Å². The molecule has 0 aliphatic heterocycles. The Hall–Kier alpha value is -2.33. The first-order valence-electron chi connectivity index (χ1n) is 6.09. The third-order valence-corrected chi connectivity index (χ3v) is 3.15. The number of methoxy groups -OCH3 is 1. The SMILES string of the molecule is COc1ccc([N+](=O)[O-])c(CNCC(=O)NCC(=O)O)c1S. The molecule has 3 N–H and O–H groups in total. The predicted molar refractivity (Wildman–Crippen MR) is 79.3 cm³/mol. The van der Waals surface area contributed by atoms with Crippen molar-refractivity contribution in [1.29, 1.82) is 0 Å². The normalized spacial score (nSPS) is 10.1. The molecule has 0 saturated heterocycles. The van der Waals surface area contributed by atoms with E-state index in [1.165, 1.54) is 19.2 Å². The van der Waals surface area contributed by atoms with Crippen molar-refractivity contribution in [2.75, 3.05) is 20.2 Å². The molecule has 1 rings (SSSR count). The largest absolute Gasteiger partial charge is 0.496 e. The van der Waals surface area contributed by atoms with Gasteiger partial charge in [0.15, 0.2) is 0 Å². The maximum Gasteiger partial charge on any atom is 0.322 e. The second-order valence-electron chi connectivity index (χ2n) is 4.15.